The van der Waals surface area contributed by atoms with Crippen LogP contribution in [0.15, 0.2) is 47.6 Å². The van der Waals surface area contributed by atoms with Crippen molar-refractivity contribution in [2.75, 3.05) is 0 Å². The van der Waals surface area contributed by atoms with E-state index in [1.165, 1.54) is 12.3 Å². The van der Waals surface area contributed by atoms with Crippen LogP contribution < -0.4 is 4.74 Å². The second-order valence-electron chi connectivity index (χ2n) is 2.23. The van der Waals surface area contributed by atoms with Crippen LogP contribution in [0.2, 0.25) is 0 Å². The highest BCUT2D eigenvalue weighted by molar-refractivity contribution is 5.83. The first-order valence-corrected chi connectivity index (χ1v) is 3.72. The molecule has 0 atom stereocenters. The average Bonchev–Trinajstić information content (AvgIpc) is 2.16. The van der Waals surface area contributed by atoms with Gasteiger partial charge in [-0.25, -0.2) is 4.79 Å². The van der Waals surface area contributed by atoms with Crippen molar-refractivity contribution in [1.29, 1.82) is 0 Å². The molecular formula is C10H9NO2. The summed E-state index contributed by atoms with van der Waals surface area (Å²) >= 11 is 0. The van der Waals surface area contributed by atoms with Crippen molar-refractivity contribution in [3.63, 3.8) is 0 Å². The summed E-state index contributed by atoms with van der Waals surface area (Å²) in [5.74, 6) is 0.0554. The summed E-state index contributed by atoms with van der Waals surface area (Å²) in [5.41, 5.74) is 0. The van der Waals surface area contributed by atoms with E-state index in [0.29, 0.717) is 5.75 Å². The van der Waals surface area contributed by atoms with Gasteiger partial charge in [-0.1, -0.05) is 18.2 Å². The van der Waals surface area contributed by atoms with Gasteiger partial charge >= 0.3 is 5.97 Å². The molecule has 0 aliphatic rings. The number of rotatable bonds is 3. The van der Waals surface area contributed by atoms with Crippen molar-refractivity contribution in [1.82, 2.24) is 0 Å². The minimum Gasteiger partial charge on any atom is -0.423 e. The van der Waals surface area contributed by atoms with E-state index in [2.05, 4.69) is 11.7 Å². The average molecular weight is 175 g/mol. The van der Waals surface area contributed by atoms with Crippen molar-refractivity contribution in [2.45, 2.75) is 0 Å². The lowest BCUT2D eigenvalue weighted by molar-refractivity contribution is -0.129. The van der Waals surface area contributed by atoms with E-state index in [0.717, 1.165) is 0 Å². The summed E-state index contributed by atoms with van der Waals surface area (Å²) in [6.45, 7) is 3.20. The standard InChI is InChI=1S/C10H9NO2/c1-11-8-7-10(12)13-9-5-3-2-4-6-9/h2-8H,1H2/b8-7+. The van der Waals surface area contributed by atoms with Crippen molar-refractivity contribution < 1.29 is 9.53 Å². The normalized spacial score (nSPS) is 9.85. The predicted molar refractivity (Wildman–Crippen MR) is 50.8 cm³/mol. The molecule has 0 saturated heterocycles. The number of aliphatic imine (C=N–C) groups is 1. The fraction of sp³-hybridized carbons (Fsp3) is 0. The molecule has 3 heteroatoms. The molecule has 1 rings (SSSR count). The number of hydrogen-bond acceptors (Lipinski definition) is 3. The molecule has 1 aromatic rings. The smallest absolute Gasteiger partial charge is 0.337 e. The summed E-state index contributed by atoms with van der Waals surface area (Å²) in [7, 11) is 0. The van der Waals surface area contributed by atoms with Crippen LogP contribution in [0, 0.1) is 0 Å². The molecule has 0 heterocycles. The molecule has 0 bridgehead atoms. The molecule has 1 aromatic carbocycles. The van der Waals surface area contributed by atoms with Gasteiger partial charge in [0, 0.05) is 12.3 Å². The van der Waals surface area contributed by atoms with Gasteiger partial charge in [0.25, 0.3) is 0 Å². The molecular weight excluding hydrogens is 166 g/mol. The third kappa shape index (κ3) is 3.33. The summed E-state index contributed by atoms with van der Waals surface area (Å²) in [4.78, 5) is 14.4. The number of carbonyl (C=O) groups excluding carboxylic acids is 1. The first-order valence-electron chi connectivity index (χ1n) is 3.72. The largest absolute Gasteiger partial charge is 0.423 e. The summed E-state index contributed by atoms with van der Waals surface area (Å²) in [5, 5.41) is 0. The molecule has 0 unspecified atom stereocenters. The second kappa shape index (κ2) is 4.87. The number of benzene rings is 1. The maximum absolute atomic E-state index is 11.0. The molecule has 0 N–H and O–H groups in total. The first-order chi connectivity index (χ1) is 6.33. The van der Waals surface area contributed by atoms with Crippen molar-refractivity contribution in [3.8, 4) is 5.75 Å². The molecule has 0 amide bonds. The van der Waals surface area contributed by atoms with Gasteiger partial charge in [0.05, 0.1) is 0 Å². The zero-order valence-corrected chi connectivity index (χ0v) is 7.01. The Labute approximate surface area is 76.4 Å². The van der Waals surface area contributed by atoms with Gasteiger partial charge in [-0.15, -0.1) is 0 Å². The Morgan fingerprint density at radius 1 is 1.38 bits per heavy atom. The van der Waals surface area contributed by atoms with Gasteiger partial charge in [0.1, 0.15) is 5.75 Å². The number of hydrogen-bond donors (Lipinski definition) is 0. The minimum absolute atomic E-state index is 0.460. The lowest BCUT2D eigenvalue weighted by Crippen LogP contribution is -2.02. The van der Waals surface area contributed by atoms with E-state index in [-0.39, 0.29) is 0 Å². The van der Waals surface area contributed by atoms with E-state index in [1.54, 1.807) is 24.3 Å². The molecule has 0 saturated carbocycles. The summed E-state index contributed by atoms with van der Waals surface area (Å²) in [6, 6.07) is 8.83. The zero-order chi connectivity index (χ0) is 9.52. The van der Waals surface area contributed by atoms with Crippen LogP contribution >= 0.6 is 0 Å². The number of esters is 1. The minimum atomic E-state index is -0.460. The molecule has 3 nitrogen and oxygen atoms in total. The SMILES string of the molecule is C=N/C=C/C(=O)Oc1ccccc1. The quantitative estimate of drug-likeness (QED) is 0.304. The topological polar surface area (TPSA) is 38.7 Å². The molecule has 0 radical (unpaired) electrons. The lowest BCUT2D eigenvalue weighted by atomic mass is 10.3. The number of ether oxygens (including phenoxy) is 1. The first kappa shape index (κ1) is 9.19. The Morgan fingerprint density at radius 2 is 2.08 bits per heavy atom. The van der Waals surface area contributed by atoms with Crippen molar-refractivity contribution in [3.05, 3.63) is 42.6 Å². The monoisotopic (exact) mass is 175 g/mol. The molecule has 0 aliphatic carbocycles. The van der Waals surface area contributed by atoms with E-state index >= 15 is 0 Å². The van der Waals surface area contributed by atoms with Gasteiger partial charge in [0.15, 0.2) is 0 Å². The highest BCUT2D eigenvalue weighted by atomic mass is 16.5. The third-order valence-electron chi connectivity index (χ3n) is 1.28. The van der Waals surface area contributed by atoms with Gasteiger partial charge in [-0.2, -0.15) is 0 Å². The Bertz CT molecular complexity index is 317. The molecule has 66 valence electrons. The fourth-order valence-electron chi connectivity index (χ4n) is 0.752. The van der Waals surface area contributed by atoms with Crippen LogP contribution in [-0.4, -0.2) is 12.7 Å². The summed E-state index contributed by atoms with van der Waals surface area (Å²) < 4.78 is 4.90. The lowest BCUT2D eigenvalue weighted by Gasteiger charge is -1.98. The van der Waals surface area contributed by atoms with E-state index in [4.69, 9.17) is 4.74 Å². The van der Waals surface area contributed by atoms with Crippen LogP contribution in [-0.2, 0) is 4.79 Å². The number of carbonyl (C=O) groups is 1. The van der Waals surface area contributed by atoms with E-state index in [1.807, 2.05) is 6.07 Å². The van der Waals surface area contributed by atoms with Crippen LogP contribution in [0.5, 0.6) is 5.75 Å². The van der Waals surface area contributed by atoms with Gasteiger partial charge in [-0.05, 0) is 18.9 Å². The Kier molecular flexibility index (Phi) is 3.45. The van der Waals surface area contributed by atoms with Crippen molar-refractivity contribution in [2.24, 2.45) is 4.99 Å². The van der Waals surface area contributed by atoms with E-state index < -0.39 is 5.97 Å². The third-order valence-corrected chi connectivity index (χ3v) is 1.28. The zero-order valence-electron chi connectivity index (χ0n) is 7.01. The Morgan fingerprint density at radius 3 is 2.69 bits per heavy atom. The molecule has 0 spiro atoms. The highest BCUT2D eigenvalue weighted by Gasteiger charge is 1.97. The maximum atomic E-state index is 11.0. The van der Waals surface area contributed by atoms with Gasteiger partial charge < -0.3 is 4.74 Å². The number of para-hydroxylation sites is 1. The second-order valence-corrected chi connectivity index (χ2v) is 2.23. The van der Waals surface area contributed by atoms with Crippen LogP contribution in [0.3, 0.4) is 0 Å². The number of nitrogens with zero attached hydrogens (tertiary/aromatic N) is 1. The van der Waals surface area contributed by atoms with Gasteiger partial charge in [0.2, 0.25) is 0 Å². The molecule has 0 fully saturated rings. The predicted octanol–water partition coefficient (Wildman–Crippen LogP) is 1.81. The molecule has 0 aliphatic heterocycles. The highest BCUT2D eigenvalue weighted by Crippen LogP contribution is 2.08. The van der Waals surface area contributed by atoms with Crippen LogP contribution in [0.4, 0.5) is 0 Å². The molecule has 13 heavy (non-hydrogen) atoms. The maximum Gasteiger partial charge on any atom is 0.337 e. The van der Waals surface area contributed by atoms with E-state index in [9.17, 15) is 4.79 Å². The van der Waals surface area contributed by atoms with Crippen LogP contribution in [0.25, 0.3) is 0 Å². The molecule has 0 aromatic heterocycles. The van der Waals surface area contributed by atoms with Crippen LogP contribution in [0.1, 0.15) is 0 Å². The fourth-order valence-corrected chi connectivity index (χ4v) is 0.752. The van der Waals surface area contributed by atoms with Crippen molar-refractivity contribution >= 4 is 12.7 Å². The van der Waals surface area contributed by atoms with Gasteiger partial charge in [-0.3, -0.25) is 4.99 Å². The Balaban J connectivity index is 2.55. The Hall–Kier alpha value is -1.90. The summed E-state index contributed by atoms with van der Waals surface area (Å²) in [6.07, 6.45) is 2.49.